The molecule has 7 nitrogen and oxygen atoms in total. The number of methoxy groups -OCH3 is 2. The summed E-state index contributed by atoms with van der Waals surface area (Å²) in [5.74, 6) is 0.0664. The third-order valence-electron chi connectivity index (χ3n) is 4.71. The molecule has 166 valence electrons. The first-order valence-corrected chi connectivity index (χ1v) is 10.3. The SMILES string of the molecule is COC(=O)c1ccc(C(=O)N(CCN(C)C)c2nc3c(OC)ccc(C)c3s2)cc1.Cl. The van der Waals surface area contributed by atoms with Crippen molar-refractivity contribution in [2.45, 2.75) is 6.92 Å². The highest BCUT2D eigenvalue weighted by Gasteiger charge is 2.23. The van der Waals surface area contributed by atoms with E-state index in [1.54, 1.807) is 36.3 Å². The molecule has 0 aliphatic rings. The third kappa shape index (κ3) is 5.33. The molecule has 3 aromatic rings. The summed E-state index contributed by atoms with van der Waals surface area (Å²) in [5, 5.41) is 0.612. The van der Waals surface area contributed by atoms with Crippen LogP contribution in [0.15, 0.2) is 36.4 Å². The maximum absolute atomic E-state index is 13.4. The van der Waals surface area contributed by atoms with Crippen molar-refractivity contribution < 1.29 is 19.1 Å². The molecule has 0 N–H and O–H groups in total. The van der Waals surface area contributed by atoms with E-state index in [-0.39, 0.29) is 18.3 Å². The van der Waals surface area contributed by atoms with Gasteiger partial charge in [0.15, 0.2) is 5.13 Å². The van der Waals surface area contributed by atoms with E-state index in [1.165, 1.54) is 18.4 Å². The fraction of sp³-hybridized carbons (Fsp3) is 0.318. The van der Waals surface area contributed by atoms with Crippen LogP contribution in [-0.2, 0) is 4.74 Å². The Kier molecular flexibility index (Phi) is 8.38. The molecule has 3 rings (SSSR count). The van der Waals surface area contributed by atoms with Crippen LogP contribution in [0.5, 0.6) is 5.75 Å². The van der Waals surface area contributed by atoms with Crippen LogP contribution in [0.25, 0.3) is 10.2 Å². The number of rotatable bonds is 7. The van der Waals surface area contributed by atoms with E-state index < -0.39 is 5.97 Å². The second-order valence-electron chi connectivity index (χ2n) is 7.09. The first-order chi connectivity index (χ1) is 14.3. The van der Waals surface area contributed by atoms with Crippen LogP contribution < -0.4 is 9.64 Å². The number of nitrogens with zero attached hydrogens (tertiary/aromatic N) is 3. The average Bonchev–Trinajstić information content (AvgIpc) is 3.19. The molecule has 0 unspecified atom stereocenters. The average molecular weight is 464 g/mol. The van der Waals surface area contributed by atoms with Crippen LogP contribution in [0, 0.1) is 6.92 Å². The highest BCUT2D eigenvalue weighted by molar-refractivity contribution is 7.22. The molecular weight excluding hydrogens is 438 g/mol. The second kappa shape index (κ2) is 10.6. The highest BCUT2D eigenvalue weighted by atomic mass is 35.5. The van der Waals surface area contributed by atoms with E-state index >= 15 is 0 Å². The lowest BCUT2D eigenvalue weighted by atomic mass is 10.1. The molecule has 1 heterocycles. The zero-order valence-electron chi connectivity index (χ0n) is 18.2. The van der Waals surface area contributed by atoms with Gasteiger partial charge >= 0.3 is 5.97 Å². The summed E-state index contributed by atoms with van der Waals surface area (Å²) in [6.45, 7) is 3.17. The summed E-state index contributed by atoms with van der Waals surface area (Å²) in [6.07, 6.45) is 0. The number of ether oxygens (including phenoxy) is 2. The Morgan fingerprint density at radius 3 is 2.23 bits per heavy atom. The number of carbonyl (C=O) groups is 2. The summed E-state index contributed by atoms with van der Waals surface area (Å²) >= 11 is 1.47. The van der Waals surface area contributed by atoms with E-state index in [0.29, 0.717) is 35.1 Å². The number of anilines is 1. The number of amides is 1. The molecule has 0 aliphatic heterocycles. The lowest BCUT2D eigenvalue weighted by Crippen LogP contribution is -2.36. The summed E-state index contributed by atoms with van der Waals surface area (Å²) in [7, 11) is 6.85. The van der Waals surface area contributed by atoms with E-state index in [2.05, 4.69) is 0 Å². The van der Waals surface area contributed by atoms with Crippen LogP contribution in [0.2, 0.25) is 0 Å². The van der Waals surface area contributed by atoms with Crippen molar-refractivity contribution in [1.82, 2.24) is 9.88 Å². The second-order valence-corrected chi connectivity index (χ2v) is 8.07. The van der Waals surface area contributed by atoms with E-state index in [1.807, 2.05) is 38.1 Å². The molecule has 1 aromatic heterocycles. The number of halogens is 1. The summed E-state index contributed by atoms with van der Waals surface area (Å²) in [4.78, 5) is 33.5. The predicted molar refractivity (Wildman–Crippen MR) is 126 cm³/mol. The number of aromatic nitrogens is 1. The molecule has 2 aromatic carbocycles. The Labute approximate surface area is 192 Å². The number of fused-ring (bicyclic) bond motifs is 1. The molecule has 1 amide bonds. The number of likely N-dealkylation sites (N-methyl/N-ethyl adjacent to an activating group) is 1. The first-order valence-electron chi connectivity index (χ1n) is 9.44. The summed E-state index contributed by atoms with van der Waals surface area (Å²) in [5.41, 5.74) is 2.71. The molecule has 0 saturated heterocycles. The largest absolute Gasteiger partial charge is 0.494 e. The van der Waals surface area contributed by atoms with Gasteiger partial charge in [-0.3, -0.25) is 9.69 Å². The van der Waals surface area contributed by atoms with Gasteiger partial charge in [-0.2, -0.15) is 0 Å². The lowest BCUT2D eigenvalue weighted by Gasteiger charge is -2.22. The van der Waals surface area contributed by atoms with Gasteiger partial charge in [-0.15, -0.1) is 12.4 Å². The number of benzene rings is 2. The molecule has 0 saturated carbocycles. The Hall–Kier alpha value is -2.68. The zero-order valence-corrected chi connectivity index (χ0v) is 19.8. The van der Waals surface area contributed by atoms with Crippen LogP contribution in [0.1, 0.15) is 26.3 Å². The Morgan fingerprint density at radius 1 is 1.00 bits per heavy atom. The quantitative estimate of drug-likeness (QED) is 0.492. The highest BCUT2D eigenvalue weighted by Crippen LogP contribution is 2.36. The van der Waals surface area contributed by atoms with Gasteiger partial charge in [-0.05, 0) is 56.9 Å². The minimum atomic E-state index is -0.438. The molecule has 9 heteroatoms. The van der Waals surface area contributed by atoms with Crippen LogP contribution in [0.3, 0.4) is 0 Å². The Bertz CT molecular complexity index is 1070. The minimum absolute atomic E-state index is 0. The van der Waals surface area contributed by atoms with Gasteiger partial charge in [-0.1, -0.05) is 17.4 Å². The van der Waals surface area contributed by atoms with Gasteiger partial charge in [0.2, 0.25) is 0 Å². The fourth-order valence-corrected chi connectivity index (χ4v) is 4.06. The predicted octanol–water partition coefficient (Wildman–Crippen LogP) is 4.03. The Balaban J connectivity index is 0.00000341. The molecule has 31 heavy (non-hydrogen) atoms. The minimum Gasteiger partial charge on any atom is -0.494 e. The van der Waals surface area contributed by atoms with Gasteiger partial charge < -0.3 is 14.4 Å². The lowest BCUT2D eigenvalue weighted by molar-refractivity contribution is 0.0600. The monoisotopic (exact) mass is 463 g/mol. The van der Waals surface area contributed by atoms with E-state index in [4.69, 9.17) is 14.5 Å². The van der Waals surface area contributed by atoms with Crippen molar-refractivity contribution in [3.8, 4) is 5.75 Å². The van der Waals surface area contributed by atoms with E-state index in [0.717, 1.165) is 15.8 Å². The standard InChI is InChI=1S/C22H25N3O4S.ClH/c1-14-6-11-17(28-4)18-19(14)30-22(23-18)25(13-12-24(2)3)20(26)15-7-9-16(10-8-15)21(27)29-5;/h6-11H,12-13H2,1-5H3;1H. The van der Waals surface area contributed by atoms with Gasteiger partial charge in [0, 0.05) is 18.7 Å². The van der Waals surface area contributed by atoms with E-state index in [9.17, 15) is 9.59 Å². The zero-order chi connectivity index (χ0) is 21.8. The van der Waals surface area contributed by atoms with Crippen molar-refractivity contribution in [2.24, 2.45) is 0 Å². The first kappa shape index (κ1) is 24.6. The normalized spacial score (nSPS) is 10.6. The maximum atomic E-state index is 13.4. The third-order valence-corrected chi connectivity index (χ3v) is 5.93. The van der Waals surface area contributed by atoms with Crippen molar-refractivity contribution in [2.75, 3.05) is 46.3 Å². The number of carbonyl (C=O) groups excluding carboxylic acids is 2. The summed E-state index contributed by atoms with van der Waals surface area (Å²) < 4.78 is 11.2. The molecule has 0 atom stereocenters. The van der Waals surface area contributed by atoms with Crippen LogP contribution in [0.4, 0.5) is 5.13 Å². The number of esters is 1. The van der Waals surface area contributed by atoms with Gasteiger partial charge in [0.1, 0.15) is 11.3 Å². The molecule has 0 spiro atoms. The molecule has 0 radical (unpaired) electrons. The van der Waals surface area contributed by atoms with Gasteiger partial charge in [0.05, 0.1) is 24.5 Å². The smallest absolute Gasteiger partial charge is 0.337 e. The number of hydrogen-bond donors (Lipinski definition) is 0. The molecule has 0 bridgehead atoms. The van der Waals surface area contributed by atoms with Crippen molar-refractivity contribution in [3.63, 3.8) is 0 Å². The fourth-order valence-electron chi connectivity index (χ4n) is 2.99. The van der Waals surface area contributed by atoms with Gasteiger partial charge in [0.25, 0.3) is 5.91 Å². The number of hydrogen-bond acceptors (Lipinski definition) is 7. The summed E-state index contributed by atoms with van der Waals surface area (Å²) in [6, 6.07) is 10.3. The molecule has 0 aliphatic carbocycles. The van der Waals surface area contributed by atoms with Crippen molar-refractivity contribution in [1.29, 1.82) is 0 Å². The van der Waals surface area contributed by atoms with Crippen molar-refractivity contribution in [3.05, 3.63) is 53.1 Å². The van der Waals surface area contributed by atoms with Gasteiger partial charge in [-0.25, -0.2) is 9.78 Å². The van der Waals surface area contributed by atoms with Crippen molar-refractivity contribution >= 4 is 51.0 Å². The Morgan fingerprint density at radius 2 is 1.65 bits per heavy atom. The number of thiazole rings is 1. The number of aryl methyl sites for hydroxylation is 1. The molecule has 0 fully saturated rings. The van der Waals surface area contributed by atoms with Crippen LogP contribution >= 0.6 is 23.7 Å². The van der Waals surface area contributed by atoms with Crippen LogP contribution in [-0.4, -0.2) is 63.2 Å². The maximum Gasteiger partial charge on any atom is 0.337 e. The topological polar surface area (TPSA) is 72.0 Å². The molecular formula is C22H26ClN3O4S.